The zero-order valence-corrected chi connectivity index (χ0v) is 16.9. The second-order valence-corrected chi connectivity index (χ2v) is 8.22. The molecule has 29 heavy (non-hydrogen) atoms. The fourth-order valence-corrected chi connectivity index (χ4v) is 4.30. The van der Waals surface area contributed by atoms with Crippen molar-refractivity contribution < 1.29 is 4.74 Å². The average Bonchev–Trinajstić information content (AvgIpc) is 3.26. The third-order valence-corrected chi connectivity index (χ3v) is 5.98. The van der Waals surface area contributed by atoms with Crippen molar-refractivity contribution in [2.75, 3.05) is 0 Å². The Labute approximate surface area is 171 Å². The van der Waals surface area contributed by atoms with Crippen LogP contribution >= 0.6 is 0 Å². The van der Waals surface area contributed by atoms with Gasteiger partial charge in [-0.1, -0.05) is 24.3 Å². The van der Waals surface area contributed by atoms with Crippen LogP contribution in [0.2, 0.25) is 0 Å². The lowest BCUT2D eigenvalue weighted by molar-refractivity contribution is 0.210. The van der Waals surface area contributed by atoms with Gasteiger partial charge in [-0.3, -0.25) is 9.97 Å². The molecule has 0 unspecified atom stereocenters. The molecule has 2 heterocycles. The van der Waals surface area contributed by atoms with Crippen molar-refractivity contribution in [1.82, 2.24) is 9.97 Å². The Kier molecular flexibility index (Phi) is 4.89. The number of fused-ring (bicyclic) bond motifs is 3. The zero-order chi connectivity index (χ0) is 19.6. The van der Waals surface area contributed by atoms with Gasteiger partial charge in [0.05, 0.1) is 23.3 Å². The van der Waals surface area contributed by atoms with E-state index in [1.54, 1.807) is 0 Å². The Morgan fingerprint density at radius 2 is 1.55 bits per heavy atom. The van der Waals surface area contributed by atoms with E-state index in [2.05, 4.69) is 65.4 Å². The molecule has 0 bridgehead atoms. The van der Waals surface area contributed by atoms with E-state index in [1.165, 1.54) is 53.1 Å². The van der Waals surface area contributed by atoms with Crippen LogP contribution in [0, 0.1) is 6.92 Å². The van der Waals surface area contributed by atoms with Crippen molar-refractivity contribution >= 4 is 21.8 Å². The molecule has 0 amide bonds. The summed E-state index contributed by atoms with van der Waals surface area (Å²) in [5, 5.41) is 2.36. The molecule has 0 radical (unpaired) electrons. The van der Waals surface area contributed by atoms with Crippen LogP contribution in [0.15, 0.2) is 60.9 Å². The van der Waals surface area contributed by atoms with Gasteiger partial charge < -0.3 is 4.74 Å². The van der Waals surface area contributed by atoms with Crippen LogP contribution in [0.4, 0.5) is 0 Å². The highest BCUT2D eigenvalue weighted by Gasteiger charge is 2.16. The maximum absolute atomic E-state index is 6.07. The van der Waals surface area contributed by atoms with Crippen LogP contribution in [0.3, 0.4) is 0 Å². The van der Waals surface area contributed by atoms with Crippen LogP contribution < -0.4 is 4.74 Å². The summed E-state index contributed by atoms with van der Waals surface area (Å²) in [6.07, 6.45) is 11.2. The fourth-order valence-electron chi connectivity index (χ4n) is 4.30. The van der Waals surface area contributed by atoms with Crippen molar-refractivity contribution in [2.24, 2.45) is 0 Å². The Balaban J connectivity index is 1.31. The molecule has 1 fully saturated rings. The largest absolute Gasteiger partial charge is 0.490 e. The summed E-state index contributed by atoms with van der Waals surface area (Å²) in [6, 6.07) is 17.3. The molecular weight excluding hydrogens is 356 g/mol. The normalized spacial score (nSPS) is 14.7. The minimum Gasteiger partial charge on any atom is -0.490 e. The van der Waals surface area contributed by atoms with Gasteiger partial charge in [0.15, 0.2) is 0 Å². The number of aromatic nitrogens is 2. The Bertz CT molecular complexity index is 1140. The molecular formula is C26H26N2O. The van der Waals surface area contributed by atoms with Crippen molar-refractivity contribution in [2.45, 2.75) is 51.6 Å². The van der Waals surface area contributed by atoms with E-state index in [-0.39, 0.29) is 0 Å². The minimum absolute atomic E-state index is 0.414. The van der Waals surface area contributed by atoms with Crippen LogP contribution in [-0.4, -0.2) is 16.1 Å². The van der Waals surface area contributed by atoms with E-state index in [1.807, 2.05) is 12.4 Å². The highest BCUT2D eigenvalue weighted by molar-refractivity contribution is 6.04. The molecule has 1 aliphatic carbocycles. The molecule has 2 aromatic heterocycles. The molecule has 146 valence electrons. The maximum atomic E-state index is 6.07. The van der Waals surface area contributed by atoms with E-state index in [0.29, 0.717) is 6.10 Å². The minimum atomic E-state index is 0.414. The Hall–Kier alpha value is -2.94. The van der Waals surface area contributed by atoms with Crippen LogP contribution in [0.5, 0.6) is 5.75 Å². The van der Waals surface area contributed by atoms with Gasteiger partial charge in [0.1, 0.15) is 5.75 Å². The van der Waals surface area contributed by atoms with E-state index in [9.17, 15) is 0 Å². The van der Waals surface area contributed by atoms with E-state index < -0.39 is 0 Å². The van der Waals surface area contributed by atoms with Gasteiger partial charge >= 0.3 is 0 Å². The maximum Gasteiger partial charge on any atom is 0.119 e. The monoisotopic (exact) mass is 382 g/mol. The highest BCUT2D eigenvalue weighted by atomic mass is 16.5. The van der Waals surface area contributed by atoms with Crippen molar-refractivity contribution in [1.29, 1.82) is 0 Å². The number of nitrogens with zero attached hydrogens (tertiary/aromatic N) is 2. The van der Waals surface area contributed by atoms with Crippen LogP contribution in [-0.2, 0) is 12.8 Å². The summed E-state index contributed by atoms with van der Waals surface area (Å²) >= 11 is 0. The first-order chi connectivity index (χ1) is 14.2. The van der Waals surface area contributed by atoms with Gasteiger partial charge in [-0.15, -0.1) is 0 Å². The molecule has 1 aliphatic rings. The van der Waals surface area contributed by atoms with Crippen molar-refractivity contribution in [3.8, 4) is 5.75 Å². The van der Waals surface area contributed by atoms with E-state index in [4.69, 9.17) is 4.74 Å². The average molecular weight is 383 g/mol. The molecule has 2 aromatic carbocycles. The number of pyridine rings is 2. The number of ether oxygens (including phenoxy) is 1. The van der Waals surface area contributed by atoms with Gasteiger partial charge in [-0.2, -0.15) is 0 Å². The van der Waals surface area contributed by atoms with Crippen LogP contribution in [0.1, 0.15) is 42.4 Å². The summed E-state index contributed by atoms with van der Waals surface area (Å²) in [7, 11) is 0. The van der Waals surface area contributed by atoms with E-state index >= 15 is 0 Å². The Morgan fingerprint density at radius 3 is 2.38 bits per heavy atom. The summed E-state index contributed by atoms with van der Waals surface area (Å²) in [4.78, 5) is 9.22. The van der Waals surface area contributed by atoms with E-state index in [0.717, 1.165) is 29.6 Å². The number of rotatable bonds is 5. The van der Waals surface area contributed by atoms with Gasteiger partial charge in [0, 0.05) is 17.0 Å². The predicted octanol–water partition coefficient (Wildman–Crippen LogP) is 6.20. The Morgan fingerprint density at radius 1 is 0.793 bits per heavy atom. The number of benzene rings is 2. The summed E-state index contributed by atoms with van der Waals surface area (Å²) < 4.78 is 6.07. The SMILES string of the molecule is Cc1ccc2c(c1)ncc1ncc(CCc3ccc(OC4CCCC4)cc3)cc12. The van der Waals surface area contributed by atoms with Crippen molar-refractivity contribution in [3.63, 3.8) is 0 Å². The molecule has 0 atom stereocenters. The number of aryl methyl sites for hydroxylation is 3. The predicted molar refractivity (Wildman–Crippen MR) is 119 cm³/mol. The second-order valence-electron chi connectivity index (χ2n) is 8.22. The third-order valence-electron chi connectivity index (χ3n) is 5.98. The topological polar surface area (TPSA) is 35.0 Å². The van der Waals surface area contributed by atoms with Gasteiger partial charge in [-0.05, 0) is 86.4 Å². The molecule has 3 heteroatoms. The first-order valence-corrected chi connectivity index (χ1v) is 10.6. The number of hydrogen-bond donors (Lipinski definition) is 0. The zero-order valence-electron chi connectivity index (χ0n) is 16.9. The molecule has 4 aromatic rings. The summed E-state index contributed by atoms with van der Waals surface area (Å²) in [5.41, 5.74) is 5.82. The third kappa shape index (κ3) is 3.95. The lowest BCUT2D eigenvalue weighted by atomic mass is 10.0. The molecule has 0 spiro atoms. The fraction of sp³-hybridized carbons (Fsp3) is 0.308. The van der Waals surface area contributed by atoms with Crippen molar-refractivity contribution in [3.05, 3.63) is 77.6 Å². The highest BCUT2D eigenvalue weighted by Crippen LogP contribution is 2.26. The first kappa shape index (κ1) is 18.1. The molecule has 3 nitrogen and oxygen atoms in total. The number of hydrogen-bond acceptors (Lipinski definition) is 3. The standard InChI is InChI=1S/C26H26N2O/c1-18-6-13-23-24-15-20(16-27-26(24)17-28-25(23)14-18)8-7-19-9-11-22(12-10-19)29-21-4-2-3-5-21/h6,9-17,21H,2-5,7-8H2,1H3. The van der Waals surface area contributed by atoms with Gasteiger partial charge in [0.2, 0.25) is 0 Å². The first-order valence-electron chi connectivity index (χ1n) is 10.6. The smallest absolute Gasteiger partial charge is 0.119 e. The van der Waals surface area contributed by atoms with Gasteiger partial charge in [0.25, 0.3) is 0 Å². The van der Waals surface area contributed by atoms with Gasteiger partial charge in [-0.25, -0.2) is 0 Å². The lowest BCUT2D eigenvalue weighted by Gasteiger charge is -2.13. The molecule has 0 saturated heterocycles. The summed E-state index contributed by atoms with van der Waals surface area (Å²) in [6.45, 7) is 2.10. The molecule has 1 saturated carbocycles. The second kappa shape index (κ2) is 7.82. The molecule has 5 rings (SSSR count). The summed E-state index contributed by atoms with van der Waals surface area (Å²) in [5.74, 6) is 1.00. The van der Waals surface area contributed by atoms with Crippen LogP contribution in [0.25, 0.3) is 21.8 Å². The quantitative estimate of drug-likeness (QED) is 0.386. The molecule has 0 N–H and O–H groups in total. The lowest BCUT2D eigenvalue weighted by Crippen LogP contribution is -2.10. The molecule has 0 aliphatic heterocycles.